The first-order chi connectivity index (χ1) is 12.5. The molecule has 1 aliphatic heterocycles. The summed E-state index contributed by atoms with van der Waals surface area (Å²) >= 11 is 2.05. The summed E-state index contributed by atoms with van der Waals surface area (Å²) in [7, 11) is 0. The maximum Gasteiger partial charge on any atom is 0.252 e. The summed E-state index contributed by atoms with van der Waals surface area (Å²) in [5, 5.41) is 2.99. The number of hydrogen-bond acceptors (Lipinski definition) is 3. The van der Waals surface area contributed by atoms with Crippen LogP contribution in [-0.2, 0) is 4.74 Å². The lowest BCUT2D eigenvalue weighted by Gasteiger charge is -2.35. The van der Waals surface area contributed by atoms with E-state index in [4.69, 9.17) is 4.74 Å². The fourth-order valence-electron chi connectivity index (χ4n) is 3.18. The van der Waals surface area contributed by atoms with E-state index in [2.05, 4.69) is 57.9 Å². The topological polar surface area (TPSA) is 41.6 Å². The molecule has 138 valence electrons. The van der Waals surface area contributed by atoms with Gasteiger partial charge in [0.1, 0.15) is 5.82 Å². The van der Waals surface area contributed by atoms with Crippen molar-refractivity contribution in [3.8, 4) is 0 Å². The van der Waals surface area contributed by atoms with Crippen molar-refractivity contribution in [1.82, 2.24) is 10.2 Å². The first-order valence-corrected chi connectivity index (χ1v) is 9.74. The molecular formula is C20H22FIN2O2. The molecule has 26 heavy (non-hydrogen) atoms. The molecule has 0 saturated carbocycles. The molecule has 2 aromatic rings. The summed E-state index contributed by atoms with van der Waals surface area (Å²) in [5.74, 6) is -0.654. The molecule has 1 heterocycles. The zero-order valence-electron chi connectivity index (χ0n) is 14.7. The van der Waals surface area contributed by atoms with Crippen LogP contribution in [0.25, 0.3) is 0 Å². The zero-order valence-corrected chi connectivity index (χ0v) is 16.8. The molecular weight excluding hydrogens is 446 g/mol. The Morgan fingerprint density at radius 1 is 1.27 bits per heavy atom. The van der Waals surface area contributed by atoms with Crippen molar-refractivity contribution in [2.45, 2.75) is 13.0 Å². The second-order valence-electron chi connectivity index (χ2n) is 6.41. The van der Waals surface area contributed by atoms with Crippen LogP contribution in [0.5, 0.6) is 0 Å². The number of carbonyl (C=O) groups is 1. The van der Waals surface area contributed by atoms with E-state index >= 15 is 0 Å². The van der Waals surface area contributed by atoms with Gasteiger partial charge in [0, 0.05) is 23.2 Å². The van der Waals surface area contributed by atoms with Crippen LogP contribution >= 0.6 is 22.6 Å². The normalized spacial score (nSPS) is 16.3. The van der Waals surface area contributed by atoms with Gasteiger partial charge in [0.05, 0.1) is 24.8 Å². The van der Waals surface area contributed by atoms with Crippen molar-refractivity contribution in [3.63, 3.8) is 0 Å². The van der Waals surface area contributed by atoms with E-state index in [1.807, 2.05) is 6.07 Å². The zero-order chi connectivity index (χ0) is 18.5. The quantitative estimate of drug-likeness (QED) is 0.683. The lowest BCUT2D eigenvalue weighted by Crippen LogP contribution is -2.44. The van der Waals surface area contributed by atoms with Crippen molar-refractivity contribution in [2.75, 3.05) is 32.8 Å². The summed E-state index contributed by atoms with van der Waals surface area (Å²) in [4.78, 5) is 14.9. The highest BCUT2D eigenvalue weighted by atomic mass is 127. The summed E-state index contributed by atoms with van der Waals surface area (Å²) in [6.45, 7) is 5.57. The largest absolute Gasteiger partial charge is 0.379 e. The number of carbonyl (C=O) groups excluding carboxylic acids is 1. The smallest absolute Gasteiger partial charge is 0.252 e. The lowest BCUT2D eigenvalue weighted by atomic mass is 10.0. The van der Waals surface area contributed by atoms with E-state index in [9.17, 15) is 9.18 Å². The van der Waals surface area contributed by atoms with Gasteiger partial charge in [-0.15, -0.1) is 0 Å². The number of amides is 1. The SMILES string of the molecule is Cc1cccc(C(CNC(=O)c2cc(F)ccc2I)N2CCOCC2)c1. The van der Waals surface area contributed by atoms with Gasteiger partial charge in [0.15, 0.2) is 0 Å². The van der Waals surface area contributed by atoms with Crippen LogP contribution in [-0.4, -0.2) is 43.7 Å². The van der Waals surface area contributed by atoms with Gasteiger partial charge in [-0.2, -0.15) is 0 Å². The van der Waals surface area contributed by atoms with E-state index in [1.54, 1.807) is 6.07 Å². The molecule has 1 aliphatic rings. The van der Waals surface area contributed by atoms with Crippen LogP contribution in [0.3, 0.4) is 0 Å². The van der Waals surface area contributed by atoms with Crippen LogP contribution in [0.2, 0.25) is 0 Å². The lowest BCUT2D eigenvalue weighted by molar-refractivity contribution is 0.0162. The molecule has 2 aromatic carbocycles. The molecule has 0 aliphatic carbocycles. The Labute approximate surface area is 166 Å². The number of aryl methyl sites for hydroxylation is 1. The molecule has 0 radical (unpaired) electrons. The fourth-order valence-corrected chi connectivity index (χ4v) is 3.76. The monoisotopic (exact) mass is 468 g/mol. The van der Waals surface area contributed by atoms with Crippen molar-refractivity contribution >= 4 is 28.5 Å². The summed E-state index contributed by atoms with van der Waals surface area (Å²) in [6.07, 6.45) is 0. The molecule has 3 rings (SSSR count). The molecule has 1 amide bonds. The number of nitrogens with zero attached hydrogens (tertiary/aromatic N) is 1. The van der Waals surface area contributed by atoms with Gasteiger partial charge in [0.2, 0.25) is 0 Å². The Morgan fingerprint density at radius 2 is 2.04 bits per heavy atom. The third-order valence-electron chi connectivity index (χ3n) is 4.54. The molecule has 1 N–H and O–H groups in total. The number of hydrogen-bond donors (Lipinski definition) is 1. The predicted molar refractivity (Wildman–Crippen MR) is 108 cm³/mol. The van der Waals surface area contributed by atoms with Gasteiger partial charge >= 0.3 is 0 Å². The van der Waals surface area contributed by atoms with Crippen molar-refractivity contribution < 1.29 is 13.9 Å². The van der Waals surface area contributed by atoms with Crippen molar-refractivity contribution in [2.24, 2.45) is 0 Å². The van der Waals surface area contributed by atoms with E-state index in [1.165, 1.54) is 23.3 Å². The number of benzene rings is 2. The molecule has 0 aromatic heterocycles. The Balaban J connectivity index is 1.77. The summed E-state index contributed by atoms with van der Waals surface area (Å²) in [5.41, 5.74) is 2.73. The maximum atomic E-state index is 13.5. The number of halogens is 2. The standard InChI is InChI=1S/C20H22FIN2O2/c1-14-3-2-4-15(11-14)19(24-7-9-26-10-8-24)13-23-20(25)17-12-16(21)5-6-18(17)22/h2-6,11-12,19H,7-10,13H2,1H3,(H,23,25). The highest BCUT2D eigenvalue weighted by Gasteiger charge is 2.24. The van der Waals surface area contributed by atoms with Gasteiger partial charge < -0.3 is 10.1 Å². The number of rotatable bonds is 5. The average Bonchev–Trinajstić information content (AvgIpc) is 2.65. The minimum Gasteiger partial charge on any atom is -0.379 e. The number of nitrogens with one attached hydrogen (secondary N) is 1. The molecule has 6 heteroatoms. The molecule has 4 nitrogen and oxygen atoms in total. The average molecular weight is 468 g/mol. The third kappa shape index (κ3) is 4.81. The van der Waals surface area contributed by atoms with Crippen LogP contribution in [0.4, 0.5) is 4.39 Å². The predicted octanol–water partition coefficient (Wildman–Crippen LogP) is 3.54. The van der Waals surface area contributed by atoms with E-state index in [0.717, 1.165) is 16.7 Å². The third-order valence-corrected chi connectivity index (χ3v) is 5.48. The van der Waals surface area contributed by atoms with Crippen molar-refractivity contribution in [3.05, 3.63) is 68.5 Å². The fraction of sp³-hybridized carbons (Fsp3) is 0.350. The Hall–Kier alpha value is -1.51. The highest BCUT2D eigenvalue weighted by Crippen LogP contribution is 2.23. The molecule has 0 bridgehead atoms. The van der Waals surface area contributed by atoms with Gasteiger partial charge in [-0.3, -0.25) is 9.69 Å². The summed E-state index contributed by atoms with van der Waals surface area (Å²) < 4.78 is 19.7. The van der Waals surface area contributed by atoms with Crippen LogP contribution in [0.15, 0.2) is 42.5 Å². The first-order valence-electron chi connectivity index (χ1n) is 8.66. The summed E-state index contributed by atoms with van der Waals surface area (Å²) in [6, 6.07) is 12.7. The highest BCUT2D eigenvalue weighted by molar-refractivity contribution is 14.1. The second-order valence-corrected chi connectivity index (χ2v) is 7.57. The van der Waals surface area contributed by atoms with Crippen LogP contribution in [0, 0.1) is 16.3 Å². The van der Waals surface area contributed by atoms with Crippen LogP contribution < -0.4 is 5.32 Å². The van der Waals surface area contributed by atoms with E-state index < -0.39 is 5.82 Å². The van der Waals surface area contributed by atoms with E-state index in [-0.39, 0.29) is 11.9 Å². The van der Waals surface area contributed by atoms with Crippen molar-refractivity contribution in [1.29, 1.82) is 0 Å². The van der Waals surface area contributed by atoms with Gasteiger partial charge in [-0.25, -0.2) is 4.39 Å². The van der Waals surface area contributed by atoms with E-state index in [0.29, 0.717) is 25.3 Å². The molecule has 1 fully saturated rings. The second kappa shape index (κ2) is 8.92. The Kier molecular flexibility index (Phi) is 6.61. The Morgan fingerprint density at radius 3 is 2.77 bits per heavy atom. The molecule has 1 atom stereocenters. The Bertz CT molecular complexity index is 778. The molecule has 1 saturated heterocycles. The molecule has 0 spiro atoms. The van der Waals surface area contributed by atoms with Crippen LogP contribution in [0.1, 0.15) is 27.5 Å². The molecule has 1 unspecified atom stereocenters. The first kappa shape index (κ1) is 19.3. The number of ether oxygens (including phenoxy) is 1. The maximum absolute atomic E-state index is 13.5. The number of morpholine rings is 1. The van der Waals surface area contributed by atoms with Gasteiger partial charge in [-0.1, -0.05) is 29.8 Å². The minimum atomic E-state index is -0.404. The van der Waals surface area contributed by atoms with Gasteiger partial charge in [0.25, 0.3) is 5.91 Å². The van der Waals surface area contributed by atoms with Gasteiger partial charge in [-0.05, 0) is 53.3 Å². The minimum absolute atomic E-state index is 0.0639.